The Morgan fingerprint density at radius 2 is 2.14 bits per heavy atom. The number of nitrogens with zero attached hydrogens (tertiary/aromatic N) is 1. The first-order chi connectivity index (χ1) is 6.40. The summed E-state index contributed by atoms with van der Waals surface area (Å²) in [4.78, 5) is 13.5. The highest BCUT2D eigenvalue weighted by Gasteiger charge is 2.21. The van der Waals surface area contributed by atoms with Crippen LogP contribution in [0.15, 0.2) is 22.8 Å². The molecule has 0 saturated heterocycles. The molecule has 0 aromatic carbocycles. The fourth-order valence-electron chi connectivity index (χ4n) is 1.37. The summed E-state index contributed by atoms with van der Waals surface area (Å²) in [5.74, 6) is 0.392. The molecule has 0 saturated carbocycles. The topological polar surface area (TPSA) is 33.5 Å². The molecule has 0 aliphatic carbocycles. The minimum atomic E-state index is -1.23. The van der Waals surface area contributed by atoms with E-state index >= 15 is 0 Å². The van der Waals surface area contributed by atoms with Gasteiger partial charge >= 0.3 is 0 Å². The van der Waals surface area contributed by atoms with Crippen molar-refractivity contribution >= 4 is 14.0 Å². The van der Waals surface area contributed by atoms with Crippen LogP contribution in [0, 0.1) is 0 Å². The second-order valence-electron chi connectivity index (χ2n) is 4.70. The maximum absolute atomic E-state index is 11.7. The molecule has 0 unspecified atom stereocenters. The van der Waals surface area contributed by atoms with Crippen LogP contribution in [-0.4, -0.2) is 32.1 Å². The van der Waals surface area contributed by atoms with Gasteiger partial charge in [-0.15, -0.1) is 0 Å². The minimum absolute atomic E-state index is 0.0302. The van der Waals surface area contributed by atoms with Crippen LogP contribution in [0.4, 0.5) is 0 Å². The van der Waals surface area contributed by atoms with Crippen LogP contribution >= 0.6 is 0 Å². The van der Waals surface area contributed by atoms with Crippen molar-refractivity contribution in [2.45, 2.75) is 19.6 Å². The largest absolute Gasteiger partial charge is 0.459 e. The van der Waals surface area contributed by atoms with Gasteiger partial charge in [-0.25, -0.2) is 0 Å². The molecule has 1 aromatic rings. The molecule has 1 amide bonds. The second kappa shape index (κ2) is 4.00. The van der Waals surface area contributed by atoms with Crippen LogP contribution in [0.5, 0.6) is 0 Å². The molecule has 0 bridgehead atoms. The molecule has 1 rings (SSSR count). The molecule has 0 aliphatic heterocycles. The van der Waals surface area contributed by atoms with Crippen LogP contribution in [0.2, 0.25) is 19.6 Å². The highest BCUT2D eigenvalue weighted by molar-refractivity contribution is 6.76. The van der Waals surface area contributed by atoms with Crippen molar-refractivity contribution in [3.8, 4) is 0 Å². The summed E-state index contributed by atoms with van der Waals surface area (Å²) in [5.41, 5.74) is 0. The van der Waals surface area contributed by atoms with E-state index in [1.54, 1.807) is 17.0 Å². The van der Waals surface area contributed by atoms with E-state index in [0.29, 0.717) is 5.76 Å². The normalized spacial score (nSPS) is 11.4. The van der Waals surface area contributed by atoms with Crippen LogP contribution in [0.1, 0.15) is 10.6 Å². The lowest BCUT2D eigenvalue weighted by molar-refractivity contribution is 0.0784. The summed E-state index contributed by atoms with van der Waals surface area (Å²) in [5, 5.41) is 0. The zero-order valence-electron chi connectivity index (χ0n) is 9.20. The third-order valence-electron chi connectivity index (χ3n) is 1.79. The van der Waals surface area contributed by atoms with Crippen molar-refractivity contribution in [1.29, 1.82) is 0 Å². The number of hydrogen-bond acceptors (Lipinski definition) is 2. The lowest BCUT2D eigenvalue weighted by Crippen LogP contribution is -2.41. The predicted molar refractivity (Wildman–Crippen MR) is 59.0 cm³/mol. The van der Waals surface area contributed by atoms with Gasteiger partial charge in [-0.05, 0) is 12.1 Å². The van der Waals surface area contributed by atoms with Crippen molar-refractivity contribution in [2.75, 3.05) is 13.2 Å². The SMILES string of the molecule is CN(C[Si](C)(C)C)C(=O)c1ccco1. The van der Waals surface area contributed by atoms with Crippen molar-refractivity contribution in [2.24, 2.45) is 0 Å². The Morgan fingerprint density at radius 3 is 2.57 bits per heavy atom. The number of carbonyl (C=O) groups is 1. The third kappa shape index (κ3) is 3.03. The molecule has 0 spiro atoms. The van der Waals surface area contributed by atoms with Gasteiger partial charge in [0.25, 0.3) is 5.91 Å². The van der Waals surface area contributed by atoms with Gasteiger partial charge in [-0.1, -0.05) is 19.6 Å². The maximum atomic E-state index is 11.7. The Kier molecular flexibility index (Phi) is 3.16. The van der Waals surface area contributed by atoms with Gasteiger partial charge in [0, 0.05) is 13.2 Å². The molecule has 3 nitrogen and oxygen atoms in total. The number of rotatable bonds is 3. The van der Waals surface area contributed by atoms with Crippen LogP contribution in [0.25, 0.3) is 0 Å². The standard InChI is InChI=1S/C10H17NO2Si/c1-11(8-14(2,3)4)10(12)9-6-5-7-13-9/h5-7H,8H2,1-4H3. The summed E-state index contributed by atoms with van der Waals surface area (Å²) in [6.45, 7) is 6.71. The third-order valence-corrected chi connectivity index (χ3v) is 3.21. The van der Waals surface area contributed by atoms with Gasteiger partial charge in [0.05, 0.1) is 14.3 Å². The van der Waals surface area contributed by atoms with E-state index < -0.39 is 8.07 Å². The summed E-state index contributed by atoms with van der Waals surface area (Å²) in [6.07, 6.45) is 2.38. The molecule has 0 atom stereocenters. The van der Waals surface area contributed by atoms with Crippen LogP contribution < -0.4 is 0 Å². The van der Waals surface area contributed by atoms with Gasteiger partial charge in [0.1, 0.15) is 0 Å². The van der Waals surface area contributed by atoms with E-state index in [1.807, 2.05) is 7.05 Å². The number of furan rings is 1. The first-order valence-corrected chi connectivity index (χ1v) is 8.40. The second-order valence-corrected chi connectivity index (χ2v) is 10.1. The molecule has 14 heavy (non-hydrogen) atoms. The molecule has 4 heteroatoms. The molecule has 1 aromatic heterocycles. The highest BCUT2D eigenvalue weighted by atomic mass is 28.3. The van der Waals surface area contributed by atoms with Crippen LogP contribution in [-0.2, 0) is 0 Å². The van der Waals surface area contributed by atoms with Gasteiger partial charge in [-0.3, -0.25) is 4.79 Å². The minimum Gasteiger partial charge on any atom is -0.459 e. The highest BCUT2D eigenvalue weighted by Crippen LogP contribution is 2.08. The van der Waals surface area contributed by atoms with Gasteiger partial charge in [0.2, 0.25) is 0 Å². The zero-order valence-corrected chi connectivity index (χ0v) is 10.2. The van der Waals surface area contributed by atoms with Crippen LogP contribution in [0.3, 0.4) is 0 Å². The first kappa shape index (κ1) is 11.0. The Hall–Kier alpha value is -1.03. The molecule has 0 aliphatic rings. The number of amides is 1. The van der Waals surface area contributed by atoms with E-state index in [-0.39, 0.29) is 5.91 Å². The van der Waals surface area contributed by atoms with E-state index in [4.69, 9.17) is 4.42 Å². The Morgan fingerprint density at radius 1 is 1.50 bits per heavy atom. The summed E-state index contributed by atoms with van der Waals surface area (Å²) in [6, 6.07) is 3.43. The predicted octanol–water partition coefficient (Wildman–Crippen LogP) is 2.23. The molecule has 0 fully saturated rings. The summed E-state index contributed by atoms with van der Waals surface area (Å²) in [7, 11) is 0.590. The van der Waals surface area contributed by atoms with Gasteiger partial charge in [-0.2, -0.15) is 0 Å². The van der Waals surface area contributed by atoms with Crippen molar-refractivity contribution in [3.63, 3.8) is 0 Å². The molecular formula is C10H17NO2Si. The lowest BCUT2D eigenvalue weighted by Gasteiger charge is -2.24. The van der Waals surface area contributed by atoms with E-state index in [9.17, 15) is 4.79 Å². The summed E-state index contributed by atoms with van der Waals surface area (Å²) < 4.78 is 5.06. The van der Waals surface area contributed by atoms with Crippen molar-refractivity contribution in [1.82, 2.24) is 4.90 Å². The zero-order chi connectivity index (χ0) is 10.8. The maximum Gasteiger partial charge on any atom is 0.289 e. The van der Waals surface area contributed by atoms with Gasteiger partial charge < -0.3 is 9.32 Å². The molecular weight excluding hydrogens is 194 g/mol. The van der Waals surface area contributed by atoms with Crippen molar-refractivity contribution in [3.05, 3.63) is 24.2 Å². The average molecular weight is 211 g/mol. The number of carbonyl (C=O) groups excluding carboxylic acids is 1. The van der Waals surface area contributed by atoms with E-state index in [0.717, 1.165) is 6.17 Å². The molecule has 1 heterocycles. The Bertz CT molecular complexity index is 300. The van der Waals surface area contributed by atoms with Gasteiger partial charge in [0.15, 0.2) is 5.76 Å². The smallest absolute Gasteiger partial charge is 0.289 e. The number of hydrogen-bond donors (Lipinski definition) is 0. The van der Waals surface area contributed by atoms with E-state index in [1.165, 1.54) is 6.26 Å². The Balaban J connectivity index is 2.63. The van der Waals surface area contributed by atoms with E-state index in [2.05, 4.69) is 19.6 Å². The van der Waals surface area contributed by atoms with Crippen molar-refractivity contribution < 1.29 is 9.21 Å². The Labute approximate surface area is 85.7 Å². The molecule has 78 valence electrons. The molecule has 0 N–H and O–H groups in total. The summed E-state index contributed by atoms with van der Waals surface area (Å²) >= 11 is 0. The quantitative estimate of drug-likeness (QED) is 0.718. The fourth-order valence-corrected chi connectivity index (χ4v) is 2.94. The lowest BCUT2D eigenvalue weighted by atomic mass is 10.4. The monoisotopic (exact) mass is 211 g/mol. The average Bonchev–Trinajstić information content (AvgIpc) is 2.51. The fraction of sp³-hybridized carbons (Fsp3) is 0.500. The first-order valence-electron chi connectivity index (χ1n) is 4.69. The molecule has 0 radical (unpaired) electrons.